The van der Waals surface area contributed by atoms with Crippen molar-refractivity contribution in [3.05, 3.63) is 95.8 Å². The zero-order chi connectivity index (χ0) is 25.8. The molecule has 0 spiro atoms. The Morgan fingerprint density at radius 1 is 0.921 bits per heavy atom. The molecule has 3 aromatic rings. The Hall–Kier alpha value is -2.68. The zero-order valence-electron chi connectivity index (χ0n) is 20.9. The molecule has 0 radical (unpaired) electrons. The number of hydrogen-bond acceptors (Lipinski definition) is 3. The average Bonchev–Trinajstić information content (AvgIpc) is 2.90. The van der Waals surface area contributed by atoms with Crippen molar-refractivity contribution in [1.82, 2.24) is 0 Å². The fourth-order valence-corrected chi connectivity index (χ4v) is 6.54. The van der Waals surface area contributed by atoms with Crippen LogP contribution in [0.2, 0.25) is 0 Å². The molecule has 1 atom stereocenters. The summed E-state index contributed by atoms with van der Waals surface area (Å²) in [7, 11) is 0. The van der Waals surface area contributed by atoms with Gasteiger partial charge in [-0.2, -0.15) is 0 Å². The van der Waals surface area contributed by atoms with Crippen molar-refractivity contribution in [2.45, 2.75) is 30.4 Å². The Morgan fingerprint density at radius 3 is 2.26 bits per heavy atom. The summed E-state index contributed by atoms with van der Waals surface area (Å²) >= 11 is 1.52. The monoisotopic (exact) mass is 562 g/mol. The maximum atomic E-state index is 14.7. The Kier molecular flexibility index (Phi) is 9.28. The minimum atomic E-state index is -0.605. The van der Waals surface area contributed by atoms with Gasteiger partial charge in [0.05, 0.1) is 31.9 Å². The first kappa shape index (κ1) is 28.3. The van der Waals surface area contributed by atoms with E-state index in [1.807, 2.05) is 6.07 Å². The SMILES string of the molecule is O=C(O[C@H]1C[N+]2(CCSc3ccccc3F)CCC1CC2)N(Cc1ccc(F)cc1)c1ccccc1F.[Cl-]. The van der Waals surface area contributed by atoms with E-state index in [1.54, 1.807) is 42.5 Å². The summed E-state index contributed by atoms with van der Waals surface area (Å²) in [5.74, 6) is -0.0528. The van der Waals surface area contributed by atoms with Gasteiger partial charge >= 0.3 is 6.09 Å². The molecule has 202 valence electrons. The molecule has 9 heteroatoms. The van der Waals surface area contributed by atoms with E-state index >= 15 is 0 Å². The van der Waals surface area contributed by atoms with Gasteiger partial charge in [0.2, 0.25) is 0 Å². The Bertz CT molecular complexity index is 1240. The van der Waals surface area contributed by atoms with Gasteiger partial charge in [-0.3, -0.25) is 4.90 Å². The van der Waals surface area contributed by atoms with E-state index in [4.69, 9.17) is 4.74 Å². The molecule has 3 aliphatic rings. The third kappa shape index (κ3) is 6.47. The van der Waals surface area contributed by atoms with Crippen molar-refractivity contribution in [3.63, 3.8) is 0 Å². The van der Waals surface area contributed by atoms with Crippen LogP contribution in [-0.4, -0.2) is 48.6 Å². The highest BCUT2D eigenvalue weighted by Crippen LogP contribution is 2.37. The van der Waals surface area contributed by atoms with E-state index in [0.717, 1.165) is 42.7 Å². The number of carbonyl (C=O) groups excluding carboxylic acids is 1. The van der Waals surface area contributed by atoms with E-state index in [0.29, 0.717) is 17.0 Å². The second-order valence-corrected chi connectivity index (χ2v) is 11.0. The van der Waals surface area contributed by atoms with Crippen molar-refractivity contribution in [1.29, 1.82) is 0 Å². The number of piperidine rings is 3. The summed E-state index contributed by atoms with van der Waals surface area (Å²) in [4.78, 5) is 15.4. The molecule has 1 amide bonds. The fraction of sp³-hybridized carbons (Fsp3) is 0.345. The van der Waals surface area contributed by atoms with Crippen molar-refractivity contribution in [2.24, 2.45) is 5.92 Å². The first-order valence-electron chi connectivity index (χ1n) is 12.6. The number of hydrogen-bond donors (Lipinski definition) is 0. The third-order valence-corrected chi connectivity index (χ3v) is 8.60. The van der Waals surface area contributed by atoms with Gasteiger partial charge in [-0.25, -0.2) is 18.0 Å². The quantitative estimate of drug-likeness (QED) is 0.310. The first-order valence-corrected chi connectivity index (χ1v) is 13.6. The maximum absolute atomic E-state index is 14.7. The molecule has 3 saturated heterocycles. The highest BCUT2D eigenvalue weighted by Gasteiger charge is 2.47. The molecule has 3 heterocycles. The second kappa shape index (κ2) is 12.5. The lowest BCUT2D eigenvalue weighted by Gasteiger charge is -2.52. The number of carbonyl (C=O) groups is 1. The molecule has 6 rings (SSSR count). The summed E-state index contributed by atoms with van der Waals surface area (Å²) in [5, 5.41) is 0. The van der Waals surface area contributed by atoms with Crippen molar-refractivity contribution in [2.75, 3.05) is 36.8 Å². The topological polar surface area (TPSA) is 29.5 Å². The molecule has 3 aliphatic heterocycles. The second-order valence-electron chi connectivity index (χ2n) is 9.90. The number of anilines is 1. The molecule has 0 aliphatic carbocycles. The van der Waals surface area contributed by atoms with Gasteiger partial charge in [0.1, 0.15) is 24.0 Å². The van der Waals surface area contributed by atoms with Gasteiger partial charge < -0.3 is 21.6 Å². The van der Waals surface area contributed by atoms with Crippen LogP contribution in [0.3, 0.4) is 0 Å². The lowest BCUT2D eigenvalue weighted by molar-refractivity contribution is -0.943. The van der Waals surface area contributed by atoms with Crippen LogP contribution in [0, 0.1) is 23.4 Å². The highest BCUT2D eigenvalue weighted by molar-refractivity contribution is 7.99. The molecule has 3 aromatic carbocycles. The molecule has 4 nitrogen and oxygen atoms in total. The number of nitrogens with zero attached hydrogens (tertiary/aromatic N) is 2. The minimum absolute atomic E-state index is 0. The summed E-state index contributed by atoms with van der Waals surface area (Å²) in [6.07, 6.45) is 1.04. The summed E-state index contributed by atoms with van der Waals surface area (Å²) in [6.45, 7) is 3.67. The smallest absolute Gasteiger partial charge is 0.415 e. The molecular weight excluding hydrogens is 533 g/mol. The third-order valence-electron chi connectivity index (χ3n) is 7.57. The molecular formula is C29H30ClF3N2O2S. The number of quaternary nitrogens is 1. The fourth-order valence-electron chi connectivity index (χ4n) is 5.46. The van der Waals surface area contributed by atoms with Crippen molar-refractivity contribution < 1.29 is 39.6 Å². The van der Waals surface area contributed by atoms with Gasteiger partial charge in [0.15, 0.2) is 6.10 Å². The number of benzene rings is 3. The predicted octanol–water partition coefficient (Wildman–Crippen LogP) is 3.65. The minimum Gasteiger partial charge on any atom is -1.00 e. The molecule has 0 saturated carbocycles. The Labute approximate surface area is 231 Å². The standard InChI is InChI=1S/C29H30F3N2O2S.ClH/c30-23-11-9-21(10-12-23)19-33(26-7-3-1-5-24(26)31)29(35)36-27-20-34(15-13-22(27)14-16-34)17-18-37-28-8-4-2-6-25(28)32;/h1-12,22,27H,13-20H2;1H/q+1;/p-1/t22?,27-,34?;/m0./s1. The van der Waals surface area contributed by atoms with E-state index in [2.05, 4.69) is 0 Å². The number of fused-ring (bicyclic) bond motifs is 3. The number of ether oxygens (including phenoxy) is 1. The molecule has 2 bridgehead atoms. The maximum Gasteiger partial charge on any atom is 0.415 e. The van der Waals surface area contributed by atoms with Crippen LogP contribution >= 0.6 is 11.8 Å². The molecule has 38 heavy (non-hydrogen) atoms. The zero-order valence-corrected chi connectivity index (χ0v) is 22.4. The van der Waals surface area contributed by atoms with Crippen LogP contribution in [0.25, 0.3) is 0 Å². The van der Waals surface area contributed by atoms with Gasteiger partial charge in [0.25, 0.3) is 0 Å². The Morgan fingerprint density at radius 2 is 1.58 bits per heavy atom. The summed E-state index contributed by atoms with van der Waals surface area (Å²) in [6, 6.07) is 18.7. The average molecular weight is 563 g/mol. The predicted molar refractivity (Wildman–Crippen MR) is 139 cm³/mol. The Balaban J connectivity index is 0.00000336. The number of thioether (sulfide) groups is 1. The normalized spacial score (nSPS) is 22.0. The lowest BCUT2D eigenvalue weighted by atomic mass is 9.83. The lowest BCUT2D eigenvalue weighted by Crippen LogP contribution is -3.00. The molecule has 0 aromatic heterocycles. The summed E-state index contributed by atoms with van der Waals surface area (Å²) < 4.78 is 49.1. The van der Waals surface area contributed by atoms with E-state index in [-0.39, 0.29) is 48.3 Å². The number of halogens is 4. The highest BCUT2D eigenvalue weighted by atomic mass is 35.5. The van der Waals surface area contributed by atoms with Crippen LogP contribution in [0.15, 0.2) is 77.7 Å². The van der Waals surface area contributed by atoms with Crippen LogP contribution in [0.5, 0.6) is 0 Å². The van der Waals surface area contributed by atoms with Gasteiger partial charge in [-0.15, -0.1) is 11.8 Å². The van der Waals surface area contributed by atoms with E-state index < -0.39 is 11.9 Å². The molecule has 0 N–H and O–H groups in total. The van der Waals surface area contributed by atoms with Crippen LogP contribution in [-0.2, 0) is 11.3 Å². The van der Waals surface area contributed by atoms with Gasteiger partial charge in [-0.1, -0.05) is 36.4 Å². The van der Waals surface area contributed by atoms with Crippen LogP contribution in [0.1, 0.15) is 18.4 Å². The first-order chi connectivity index (χ1) is 17.9. The van der Waals surface area contributed by atoms with E-state index in [9.17, 15) is 18.0 Å². The number of para-hydroxylation sites is 1. The molecule has 0 unspecified atom stereocenters. The van der Waals surface area contributed by atoms with Crippen LogP contribution < -0.4 is 17.3 Å². The van der Waals surface area contributed by atoms with Crippen molar-refractivity contribution >= 4 is 23.5 Å². The molecule has 3 fully saturated rings. The van der Waals surface area contributed by atoms with Gasteiger partial charge in [0, 0.05) is 29.4 Å². The van der Waals surface area contributed by atoms with E-state index in [1.165, 1.54) is 40.9 Å². The number of amides is 1. The van der Waals surface area contributed by atoms with Gasteiger partial charge in [-0.05, 0) is 42.0 Å². The van der Waals surface area contributed by atoms with Crippen molar-refractivity contribution in [3.8, 4) is 0 Å². The largest absolute Gasteiger partial charge is 1.00 e. The van der Waals surface area contributed by atoms with Crippen LogP contribution in [0.4, 0.5) is 23.7 Å². The number of rotatable bonds is 8. The summed E-state index contributed by atoms with van der Waals surface area (Å²) in [5.41, 5.74) is 0.799.